The second-order valence-corrected chi connectivity index (χ2v) is 12.8. The van der Waals surface area contributed by atoms with Crippen LogP contribution >= 0.6 is 46.9 Å². The van der Waals surface area contributed by atoms with Gasteiger partial charge in [0.25, 0.3) is 0 Å². The van der Waals surface area contributed by atoms with Gasteiger partial charge >= 0.3 is 0 Å². The van der Waals surface area contributed by atoms with Crippen molar-refractivity contribution < 1.29 is 14.0 Å². The number of anilines is 1. The van der Waals surface area contributed by atoms with E-state index in [-0.39, 0.29) is 58.4 Å². The molecular weight excluding hydrogens is 511 g/mol. The first-order chi connectivity index (χ1) is 16.4. The summed E-state index contributed by atoms with van der Waals surface area (Å²) in [5.41, 5.74) is 1.63. The molecule has 7 rings (SSSR count). The Morgan fingerprint density at radius 2 is 1.68 bits per heavy atom. The molecule has 2 aliphatic carbocycles. The van der Waals surface area contributed by atoms with E-state index in [1.165, 1.54) is 39.6 Å². The number of carbonyl (C=O) groups is 2. The van der Waals surface area contributed by atoms with Crippen molar-refractivity contribution in [2.75, 3.05) is 4.90 Å². The molecule has 2 saturated carbocycles. The van der Waals surface area contributed by atoms with Crippen LogP contribution in [-0.2, 0) is 9.59 Å². The molecule has 1 aromatic heterocycles. The number of halogens is 2. The summed E-state index contributed by atoms with van der Waals surface area (Å²) in [6.45, 7) is 0. The molecular formula is C25H18ClFN2O2S3. The largest absolute Gasteiger partial charge is 0.332 e. The number of aromatic nitrogens is 1. The lowest BCUT2D eigenvalue weighted by Gasteiger charge is -2.43. The maximum Gasteiger partial charge on any atom is 0.238 e. The normalized spacial score (nSPS) is 33.2. The number of nitrogens with zero attached hydrogens (tertiary/aromatic N) is 1. The van der Waals surface area contributed by atoms with E-state index >= 15 is 0 Å². The van der Waals surface area contributed by atoms with Crippen LogP contribution in [-0.4, -0.2) is 22.0 Å². The number of benzene rings is 2. The van der Waals surface area contributed by atoms with Gasteiger partial charge in [-0.15, -0.1) is 23.1 Å². The number of imide groups is 1. The number of aromatic amines is 1. The first-order valence-electron chi connectivity index (χ1n) is 11.2. The summed E-state index contributed by atoms with van der Waals surface area (Å²) in [5, 5.41) is 2.00. The SMILES string of the molecule is O=C1C2C3CC(C2C(=O)N1c1ccc(F)cc1)C1C(c2ccc(Cl)cc2)c2sc(=S)[nH]c2SC31. The molecule has 0 spiro atoms. The number of nitrogens with one attached hydrogen (secondary N) is 1. The van der Waals surface area contributed by atoms with E-state index in [0.29, 0.717) is 10.7 Å². The highest BCUT2D eigenvalue weighted by atomic mass is 35.5. The van der Waals surface area contributed by atoms with E-state index in [1.807, 2.05) is 12.1 Å². The average molecular weight is 529 g/mol. The maximum atomic E-state index is 13.7. The van der Waals surface area contributed by atoms with Gasteiger partial charge in [-0.1, -0.05) is 23.7 Å². The highest BCUT2D eigenvalue weighted by Crippen LogP contribution is 2.69. The Kier molecular flexibility index (Phi) is 4.70. The second kappa shape index (κ2) is 7.50. The lowest BCUT2D eigenvalue weighted by molar-refractivity contribution is -0.123. The van der Waals surface area contributed by atoms with E-state index < -0.39 is 0 Å². The fourth-order valence-electron chi connectivity index (χ4n) is 6.90. The summed E-state index contributed by atoms with van der Waals surface area (Å²) in [5.74, 6) is -0.736. The monoisotopic (exact) mass is 528 g/mol. The minimum atomic E-state index is -0.389. The van der Waals surface area contributed by atoms with Gasteiger partial charge in [0.2, 0.25) is 11.8 Å². The Morgan fingerprint density at radius 1 is 1.00 bits per heavy atom. The van der Waals surface area contributed by atoms with Crippen LogP contribution in [0.15, 0.2) is 53.6 Å². The topological polar surface area (TPSA) is 53.2 Å². The van der Waals surface area contributed by atoms with Gasteiger partial charge in [-0.25, -0.2) is 4.39 Å². The van der Waals surface area contributed by atoms with Crippen LogP contribution in [0.5, 0.6) is 0 Å². The number of hydrogen-bond acceptors (Lipinski definition) is 5. The van der Waals surface area contributed by atoms with Crippen LogP contribution in [0, 0.1) is 39.4 Å². The van der Waals surface area contributed by atoms with E-state index in [0.717, 1.165) is 15.4 Å². The molecule has 3 aromatic rings. The zero-order valence-corrected chi connectivity index (χ0v) is 20.8. The third-order valence-corrected chi connectivity index (χ3v) is 11.2. The summed E-state index contributed by atoms with van der Waals surface area (Å²) in [7, 11) is 0. The van der Waals surface area contributed by atoms with Gasteiger partial charge in [0.05, 0.1) is 22.5 Å². The summed E-state index contributed by atoms with van der Waals surface area (Å²) < 4.78 is 14.2. The van der Waals surface area contributed by atoms with Crippen molar-refractivity contribution in [1.82, 2.24) is 4.98 Å². The van der Waals surface area contributed by atoms with Gasteiger partial charge in [0.15, 0.2) is 3.95 Å². The number of amides is 2. The highest BCUT2D eigenvalue weighted by Gasteiger charge is 2.69. The van der Waals surface area contributed by atoms with Crippen LogP contribution in [0.1, 0.15) is 22.8 Å². The van der Waals surface area contributed by atoms with Crippen LogP contribution in [0.25, 0.3) is 0 Å². The molecule has 0 radical (unpaired) electrons. The van der Waals surface area contributed by atoms with E-state index in [1.54, 1.807) is 23.1 Å². The minimum absolute atomic E-state index is 0.107. The molecule has 3 fully saturated rings. The van der Waals surface area contributed by atoms with Gasteiger partial charge in [0, 0.05) is 21.1 Å². The third-order valence-electron chi connectivity index (χ3n) is 8.04. The number of hydrogen-bond donors (Lipinski definition) is 1. The molecule has 1 saturated heterocycles. The maximum absolute atomic E-state index is 13.7. The number of carbonyl (C=O) groups excluding carboxylic acids is 2. The molecule has 9 heteroatoms. The fourth-order valence-corrected chi connectivity index (χ4v) is 10.4. The van der Waals surface area contributed by atoms with Gasteiger partial charge in [-0.05, 0) is 78.4 Å². The summed E-state index contributed by atoms with van der Waals surface area (Å²) >= 11 is 15.1. The lowest BCUT2D eigenvalue weighted by Crippen LogP contribution is -2.42. The Labute approximate surface area is 213 Å². The van der Waals surface area contributed by atoms with Crippen molar-refractivity contribution in [3.63, 3.8) is 0 Å². The molecule has 1 N–H and O–H groups in total. The van der Waals surface area contributed by atoms with Crippen molar-refractivity contribution in [1.29, 1.82) is 0 Å². The number of thiazole rings is 1. The lowest BCUT2D eigenvalue weighted by atomic mass is 9.68. The molecule has 172 valence electrons. The molecule has 4 aliphatic rings. The van der Waals surface area contributed by atoms with Gasteiger partial charge in [-0.3, -0.25) is 14.5 Å². The van der Waals surface area contributed by atoms with Crippen molar-refractivity contribution in [2.24, 2.45) is 29.6 Å². The smallest absolute Gasteiger partial charge is 0.238 e. The predicted octanol–water partition coefficient (Wildman–Crippen LogP) is 6.28. The van der Waals surface area contributed by atoms with Crippen LogP contribution < -0.4 is 4.90 Å². The highest BCUT2D eigenvalue weighted by molar-refractivity contribution is 8.00. The molecule has 7 atom stereocenters. The van der Waals surface area contributed by atoms with Crippen molar-refractivity contribution in [2.45, 2.75) is 22.6 Å². The van der Waals surface area contributed by atoms with Crippen LogP contribution in [0.3, 0.4) is 0 Å². The van der Waals surface area contributed by atoms with Gasteiger partial charge in [0.1, 0.15) is 5.82 Å². The van der Waals surface area contributed by atoms with Gasteiger partial charge < -0.3 is 4.98 Å². The molecule has 2 bridgehead atoms. The van der Waals surface area contributed by atoms with Crippen molar-refractivity contribution >= 4 is 64.4 Å². The van der Waals surface area contributed by atoms with Crippen molar-refractivity contribution in [3.05, 3.63) is 73.8 Å². The van der Waals surface area contributed by atoms with E-state index in [9.17, 15) is 14.0 Å². The van der Waals surface area contributed by atoms with Crippen LogP contribution in [0.2, 0.25) is 5.02 Å². The van der Waals surface area contributed by atoms with Gasteiger partial charge in [-0.2, -0.15) is 0 Å². The molecule has 4 nitrogen and oxygen atoms in total. The zero-order valence-electron chi connectivity index (χ0n) is 17.6. The average Bonchev–Trinajstić information content (AvgIpc) is 3.54. The Morgan fingerprint density at radius 3 is 2.38 bits per heavy atom. The molecule has 34 heavy (non-hydrogen) atoms. The molecule has 2 amide bonds. The van der Waals surface area contributed by atoms with Crippen LogP contribution in [0.4, 0.5) is 10.1 Å². The fraction of sp³-hybridized carbons (Fsp3) is 0.320. The van der Waals surface area contributed by atoms with E-state index in [4.69, 9.17) is 23.8 Å². The first kappa shape index (κ1) is 21.3. The molecule has 2 aliphatic heterocycles. The molecule has 3 heterocycles. The number of fused-ring (bicyclic) bond motifs is 9. The quantitative estimate of drug-likeness (QED) is 0.314. The van der Waals surface area contributed by atoms with Crippen molar-refractivity contribution in [3.8, 4) is 0 Å². The summed E-state index contributed by atoms with van der Waals surface area (Å²) in [6.07, 6.45) is 0.881. The standard InChI is InChI=1S/C25H18ClFN2O2S3/c26-11-3-1-10(2-4-11)16-17-14-9-15(20(17)33-22-21(16)34-25(32)28-22)19-18(14)23(30)29(24(19)31)13-7-5-12(27)6-8-13/h1-8,14-20H,9H2,(H,28,32). The third kappa shape index (κ3) is 2.86. The second-order valence-electron chi connectivity index (χ2n) is 9.50. The van der Waals surface area contributed by atoms with E-state index in [2.05, 4.69) is 17.1 Å². The Balaban J connectivity index is 1.32. The number of rotatable bonds is 2. The molecule has 7 unspecified atom stereocenters. The summed E-state index contributed by atoms with van der Waals surface area (Å²) in [4.78, 5) is 33.1. The molecule has 2 aromatic carbocycles. The number of thioether (sulfide) groups is 1. The Bertz CT molecular complexity index is 1400. The zero-order chi connectivity index (χ0) is 23.3. The first-order valence-corrected chi connectivity index (χ1v) is 13.7. The summed E-state index contributed by atoms with van der Waals surface area (Å²) in [6, 6.07) is 13.6. The minimum Gasteiger partial charge on any atom is -0.332 e. The predicted molar refractivity (Wildman–Crippen MR) is 133 cm³/mol. The Hall–Kier alpha value is -2.00. The number of H-pyrrole nitrogens is 1.